The Hall–Kier alpha value is -0.500. The molecule has 2 nitrogen and oxygen atoms in total. The molecular weight excluding hydrogens is 124 g/mol. The zero-order valence-electron chi connectivity index (χ0n) is 6.21. The predicted molar refractivity (Wildman–Crippen MR) is 41.4 cm³/mol. The van der Waals surface area contributed by atoms with E-state index in [0.29, 0.717) is 0 Å². The highest BCUT2D eigenvalue weighted by atomic mass is 15.1. The molecule has 0 radical (unpaired) electrons. The molecule has 0 aromatic carbocycles. The second-order valence-corrected chi connectivity index (χ2v) is 3.22. The third kappa shape index (κ3) is 0.833. The van der Waals surface area contributed by atoms with Crippen LogP contribution in [0.4, 0.5) is 0 Å². The van der Waals surface area contributed by atoms with E-state index in [2.05, 4.69) is 11.1 Å². The summed E-state index contributed by atoms with van der Waals surface area (Å²) in [6.07, 6.45) is 4.93. The Balaban J connectivity index is 2.19. The topological polar surface area (TPSA) is 29.3 Å². The molecule has 0 spiro atoms. The highest BCUT2D eigenvalue weighted by Crippen LogP contribution is 2.29. The molecule has 1 fully saturated rings. The molecule has 2 N–H and O–H groups in total. The summed E-state index contributed by atoms with van der Waals surface area (Å²) in [6, 6.07) is 0. The molecule has 0 atom stereocenters. The van der Waals surface area contributed by atoms with E-state index >= 15 is 0 Å². The third-order valence-electron chi connectivity index (χ3n) is 2.64. The van der Waals surface area contributed by atoms with Gasteiger partial charge < -0.3 is 10.6 Å². The van der Waals surface area contributed by atoms with Gasteiger partial charge in [-0.3, -0.25) is 0 Å². The van der Waals surface area contributed by atoms with Crippen molar-refractivity contribution in [2.75, 3.05) is 19.6 Å². The van der Waals surface area contributed by atoms with Crippen LogP contribution in [0.3, 0.4) is 0 Å². The Morgan fingerprint density at radius 1 is 1.50 bits per heavy atom. The summed E-state index contributed by atoms with van der Waals surface area (Å²) < 4.78 is 0. The van der Waals surface area contributed by atoms with Crippen molar-refractivity contribution in [2.24, 2.45) is 11.7 Å². The van der Waals surface area contributed by atoms with E-state index < -0.39 is 0 Å². The van der Waals surface area contributed by atoms with Crippen molar-refractivity contribution in [1.29, 1.82) is 0 Å². The Morgan fingerprint density at radius 3 is 2.50 bits per heavy atom. The lowest BCUT2D eigenvalue weighted by atomic mass is 9.86. The number of hydrogen-bond acceptors (Lipinski definition) is 2. The molecule has 0 amide bonds. The summed E-state index contributed by atoms with van der Waals surface area (Å²) in [5.74, 6) is 0.829. The summed E-state index contributed by atoms with van der Waals surface area (Å²) in [5, 5.41) is 0. The minimum atomic E-state index is 0.765. The number of rotatable bonds is 1. The van der Waals surface area contributed by atoms with E-state index in [0.717, 1.165) is 12.5 Å². The normalized spacial score (nSPS) is 25.3. The first-order valence-corrected chi connectivity index (χ1v) is 4.05. The largest absolute Gasteiger partial charge is 0.377 e. The van der Waals surface area contributed by atoms with Crippen LogP contribution >= 0.6 is 0 Å². The average Bonchev–Trinajstić information content (AvgIpc) is 2.06. The highest BCUT2D eigenvalue weighted by Gasteiger charge is 2.25. The molecule has 0 aromatic rings. The summed E-state index contributed by atoms with van der Waals surface area (Å²) >= 11 is 0. The number of piperidine rings is 1. The van der Waals surface area contributed by atoms with Crippen LogP contribution in [0.1, 0.15) is 12.8 Å². The van der Waals surface area contributed by atoms with Gasteiger partial charge in [0.05, 0.1) is 0 Å². The predicted octanol–water partition coefficient (Wildman–Crippen LogP) is 0.555. The van der Waals surface area contributed by atoms with E-state index in [1.807, 2.05) is 0 Å². The monoisotopic (exact) mass is 138 g/mol. The first-order valence-electron chi connectivity index (χ1n) is 4.05. The van der Waals surface area contributed by atoms with Gasteiger partial charge in [0, 0.05) is 19.6 Å². The van der Waals surface area contributed by atoms with Gasteiger partial charge in [0.1, 0.15) is 0 Å². The lowest BCUT2D eigenvalue weighted by molar-refractivity contribution is 0.229. The standard InChI is InChI=1S/C8H14N2/c9-5-8-6-10-3-1-7(8)2-4-10/h6-7H,1-5,9H2. The second-order valence-electron chi connectivity index (χ2n) is 3.22. The van der Waals surface area contributed by atoms with Gasteiger partial charge in [0.2, 0.25) is 0 Å². The fourth-order valence-electron chi connectivity index (χ4n) is 1.96. The van der Waals surface area contributed by atoms with Crippen LogP contribution in [-0.4, -0.2) is 24.5 Å². The molecule has 3 aliphatic rings. The van der Waals surface area contributed by atoms with Crippen molar-refractivity contribution in [2.45, 2.75) is 12.8 Å². The molecule has 56 valence electrons. The van der Waals surface area contributed by atoms with Crippen LogP contribution in [0, 0.1) is 5.92 Å². The highest BCUT2D eigenvalue weighted by molar-refractivity contribution is 5.14. The maximum absolute atomic E-state index is 5.59. The van der Waals surface area contributed by atoms with Gasteiger partial charge in [0.15, 0.2) is 0 Å². The van der Waals surface area contributed by atoms with Gasteiger partial charge in [-0.25, -0.2) is 0 Å². The Morgan fingerprint density at radius 2 is 2.20 bits per heavy atom. The fourth-order valence-corrected chi connectivity index (χ4v) is 1.96. The number of nitrogens with two attached hydrogens (primary N) is 1. The third-order valence-corrected chi connectivity index (χ3v) is 2.64. The minimum absolute atomic E-state index is 0.765. The minimum Gasteiger partial charge on any atom is -0.377 e. The zero-order chi connectivity index (χ0) is 6.97. The molecule has 10 heavy (non-hydrogen) atoms. The van der Waals surface area contributed by atoms with Gasteiger partial charge >= 0.3 is 0 Å². The van der Waals surface area contributed by atoms with Crippen LogP contribution < -0.4 is 5.73 Å². The maximum atomic E-state index is 5.59. The average molecular weight is 138 g/mol. The molecule has 3 heterocycles. The number of hydrogen-bond donors (Lipinski definition) is 1. The lowest BCUT2D eigenvalue weighted by Gasteiger charge is -2.38. The van der Waals surface area contributed by atoms with Crippen molar-refractivity contribution in [3.63, 3.8) is 0 Å². The van der Waals surface area contributed by atoms with Crippen molar-refractivity contribution >= 4 is 0 Å². The summed E-state index contributed by atoms with van der Waals surface area (Å²) in [7, 11) is 0. The molecular formula is C8H14N2. The van der Waals surface area contributed by atoms with E-state index in [9.17, 15) is 0 Å². The lowest BCUT2D eigenvalue weighted by Crippen LogP contribution is -2.37. The quantitative estimate of drug-likeness (QED) is 0.573. The zero-order valence-corrected chi connectivity index (χ0v) is 6.21. The molecule has 3 rings (SSSR count). The van der Waals surface area contributed by atoms with Crippen LogP contribution in [0.5, 0.6) is 0 Å². The fraction of sp³-hybridized carbons (Fsp3) is 0.750. The van der Waals surface area contributed by atoms with E-state index in [-0.39, 0.29) is 0 Å². The second kappa shape index (κ2) is 2.27. The Labute approximate surface area is 61.7 Å². The summed E-state index contributed by atoms with van der Waals surface area (Å²) in [5.41, 5.74) is 7.06. The van der Waals surface area contributed by atoms with Crippen molar-refractivity contribution in [1.82, 2.24) is 4.90 Å². The van der Waals surface area contributed by atoms with Gasteiger partial charge in [-0.15, -0.1) is 0 Å². The van der Waals surface area contributed by atoms with Crippen LogP contribution in [0.2, 0.25) is 0 Å². The van der Waals surface area contributed by atoms with E-state index in [1.165, 1.54) is 31.5 Å². The summed E-state index contributed by atoms with van der Waals surface area (Å²) in [4.78, 5) is 2.39. The van der Waals surface area contributed by atoms with Gasteiger partial charge in [-0.05, 0) is 30.5 Å². The smallest absolute Gasteiger partial charge is 0.0178 e. The van der Waals surface area contributed by atoms with Crippen molar-refractivity contribution in [3.8, 4) is 0 Å². The molecule has 0 aliphatic carbocycles. The molecule has 0 saturated carbocycles. The van der Waals surface area contributed by atoms with Gasteiger partial charge in [0.25, 0.3) is 0 Å². The molecule has 1 saturated heterocycles. The molecule has 0 aromatic heterocycles. The molecule has 2 heteroatoms. The van der Waals surface area contributed by atoms with Crippen LogP contribution in [0.15, 0.2) is 11.8 Å². The SMILES string of the molecule is NCC1=CN2CCC1CC2. The summed E-state index contributed by atoms with van der Waals surface area (Å²) in [6.45, 7) is 3.28. The van der Waals surface area contributed by atoms with Crippen molar-refractivity contribution < 1.29 is 0 Å². The Kier molecular flexibility index (Phi) is 1.42. The van der Waals surface area contributed by atoms with E-state index in [1.54, 1.807) is 0 Å². The molecule has 3 aliphatic heterocycles. The van der Waals surface area contributed by atoms with Crippen molar-refractivity contribution in [3.05, 3.63) is 11.8 Å². The maximum Gasteiger partial charge on any atom is 0.0178 e. The van der Waals surface area contributed by atoms with Crippen LogP contribution in [-0.2, 0) is 0 Å². The first kappa shape index (κ1) is 6.23. The molecule has 2 bridgehead atoms. The molecule has 0 unspecified atom stereocenters. The Bertz CT molecular complexity index is 155. The number of nitrogens with zero attached hydrogens (tertiary/aromatic N) is 1. The van der Waals surface area contributed by atoms with Crippen LogP contribution in [0.25, 0.3) is 0 Å². The first-order chi connectivity index (χ1) is 4.90. The van der Waals surface area contributed by atoms with Gasteiger partial charge in [-0.2, -0.15) is 0 Å². The van der Waals surface area contributed by atoms with E-state index in [4.69, 9.17) is 5.73 Å². The number of fused-ring (bicyclic) bond motifs is 2. The van der Waals surface area contributed by atoms with Gasteiger partial charge in [-0.1, -0.05) is 0 Å².